The van der Waals surface area contributed by atoms with Crippen LogP contribution in [0.4, 0.5) is 8.78 Å². The van der Waals surface area contributed by atoms with Crippen LogP contribution in [0.2, 0.25) is 13.3 Å². The van der Waals surface area contributed by atoms with Gasteiger partial charge in [0, 0.05) is 0 Å². The first-order chi connectivity index (χ1) is 9.75. The Morgan fingerprint density at radius 3 is 1.33 bits per heavy atom. The molecule has 21 heavy (non-hydrogen) atoms. The summed E-state index contributed by atoms with van der Waals surface area (Å²) in [4.78, 5) is 0. The van der Waals surface area contributed by atoms with Gasteiger partial charge in [-0.1, -0.05) is 0 Å². The molecule has 0 amide bonds. The van der Waals surface area contributed by atoms with Gasteiger partial charge in [-0.05, 0) is 0 Å². The van der Waals surface area contributed by atoms with Crippen LogP contribution in [-0.2, 0) is 0 Å². The average Bonchev–Trinajstić information content (AvgIpc) is 2.44. The third-order valence-electron chi connectivity index (χ3n) is 4.34. The first kappa shape index (κ1) is 21.4. The van der Waals surface area contributed by atoms with Gasteiger partial charge in [0.2, 0.25) is 0 Å². The van der Waals surface area contributed by atoms with Gasteiger partial charge in [-0.2, -0.15) is 0 Å². The van der Waals surface area contributed by atoms with Gasteiger partial charge in [0.1, 0.15) is 0 Å². The van der Waals surface area contributed by atoms with E-state index in [1.165, 1.54) is 0 Å². The molecule has 0 aromatic heterocycles. The number of halogens is 2. The summed E-state index contributed by atoms with van der Waals surface area (Å²) in [5.41, 5.74) is -0.684. The molecule has 0 saturated carbocycles. The molecular weight excluding hydrogens is 373 g/mol. The summed E-state index contributed by atoms with van der Waals surface area (Å²) in [5.74, 6) is -0.443. The van der Waals surface area contributed by atoms with Crippen LogP contribution in [0.5, 0.6) is 0 Å². The number of hydrogen-bond acceptors (Lipinski definition) is 0. The molecule has 0 fully saturated rings. The molecular formula is C18H36F2Sn. The predicted octanol–water partition coefficient (Wildman–Crippen LogP) is 7.57. The molecule has 0 aliphatic heterocycles. The van der Waals surface area contributed by atoms with Crippen LogP contribution in [0.15, 0.2) is 9.67 Å². The van der Waals surface area contributed by atoms with Crippen LogP contribution in [0, 0.1) is 5.41 Å². The molecule has 0 nitrogen and oxygen atoms in total. The van der Waals surface area contributed by atoms with E-state index >= 15 is 4.39 Å². The topological polar surface area (TPSA) is 0 Å². The van der Waals surface area contributed by atoms with E-state index in [0.29, 0.717) is 0 Å². The van der Waals surface area contributed by atoms with Gasteiger partial charge >= 0.3 is 136 Å². The summed E-state index contributed by atoms with van der Waals surface area (Å²) in [6.07, 6.45) is 6.45. The van der Waals surface area contributed by atoms with E-state index < -0.39 is 29.6 Å². The van der Waals surface area contributed by atoms with Crippen molar-refractivity contribution in [2.24, 2.45) is 5.41 Å². The third kappa shape index (κ3) is 7.00. The second-order valence-corrected chi connectivity index (χ2v) is 20.3. The van der Waals surface area contributed by atoms with Crippen LogP contribution >= 0.6 is 0 Å². The van der Waals surface area contributed by atoms with Gasteiger partial charge in [-0.3, -0.25) is 0 Å². The van der Waals surface area contributed by atoms with Crippen LogP contribution in [0.1, 0.15) is 80.1 Å². The average molecular weight is 409 g/mol. The van der Waals surface area contributed by atoms with Crippen LogP contribution in [-0.4, -0.2) is 18.4 Å². The number of rotatable bonds is 10. The zero-order valence-corrected chi connectivity index (χ0v) is 18.0. The second kappa shape index (κ2) is 10.2. The number of hydrogen-bond donors (Lipinski definition) is 0. The van der Waals surface area contributed by atoms with Crippen LogP contribution < -0.4 is 0 Å². The van der Waals surface area contributed by atoms with E-state index in [1.807, 2.05) is 0 Å². The second-order valence-electron chi connectivity index (χ2n) is 7.47. The van der Waals surface area contributed by atoms with E-state index in [1.54, 1.807) is 20.8 Å². The standard InChI is InChI=1S/C6H9F2.3C4H9.Sn/c1-6(2,3)5(8)4-7;3*1-3-4-2;/h1-3H3;3*1,3-4H2,2H3;. The Bertz CT molecular complexity index is 294. The van der Waals surface area contributed by atoms with E-state index in [9.17, 15) is 4.39 Å². The zero-order valence-electron chi connectivity index (χ0n) is 15.1. The van der Waals surface area contributed by atoms with Crippen molar-refractivity contribution in [3.8, 4) is 0 Å². The normalized spacial score (nSPS) is 14.3. The third-order valence-corrected chi connectivity index (χ3v) is 18.8. The molecule has 0 radical (unpaired) electrons. The molecule has 0 atom stereocenters. The molecule has 0 heterocycles. The van der Waals surface area contributed by atoms with Crippen molar-refractivity contribution >= 4 is 18.4 Å². The Balaban J connectivity index is 5.58. The Kier molecular flexibility index (Phi) is 10.4. The van der Waals surface area contributed by atoms with Crippen molar-refractivity contribution < 1.29 is 8.78 Å². The molecule has 0 aromatic rings. The summed E-state index contributed by atoms with van der Waals surface area (Å²) in [6, 6.07) is 0. The summed E-state index contributed by atoms with van der Waals surface area (Å²) in [7, 11) is 0. The molecule has 0 aliphatic carbocycles. The minimum atomic E-state index is -3.18. The zero-order chi connectivity index (χ0) is 16.5. The molecule has 0 N–H and O–H groups in total. The molecule has 126 valence electrons. The summed E-state index contributed by atoms with van der Waals surface area (Å²) in [5, 5.41) is 0. The fourth-order valence-corrected chi connectivity index (χ4v) is 18.1. The van der Waals surface area contributed by atoms with Crippen molar-refractivity contribution in [3.63, 3.8) is 0 Å². The Morgan fingerprint density at radius 2 is 1.10 bits per heavy atom. The molecule has 0 aromatic carbocycles. The summed E-state index contributed by atoms with van der Waals surface area (Å²) in [6.45, 7) is 11.8. The molecule has 0 rings (SSSR count). The summed E-state index contributed by atoms with van der Waals surface area (Å²) >= 11 is -3.18. The van der Waals surface area contributed by atoms with E-state index in [4.69, 9.17) is 0 Å². The number of allylic oxidation sites excluding steroid dienone is 1. The Hall–Kier alpha value is 0.399. The fraction of sp³-hybridized carbons (Fsp3) is 0.889. The van der Waals surface area contributed by atoms with Gasteiger partial charge in [-0.15, -0.1) is 0 Å². The van der Waals surface area contributed by atoms with E-state index in [2.05, 4.69) is 20.8 Å². The van der Waals surface area contributed by atoms with E-state index in [-0.39, 0.29) is 3.84 Å². The molecule has 0 bridgehead atoms. The van der Waals surface area contributed by atoms with Gasteiger partial charge < -0.3 is 0 Å². The maximum absolute atomic E-state index is 15.2. The quantitative estimate of drug-likeness (QED) is 0.327. The SMILES string of the molecule is CCC[CH2][Sn]([CH2]CCC)([CH2]CCC)/[C](F)=C(/F)C(C)(C)C. The van der Waals surface area contributed by atoms with Crippen molar-refractivity contribution in [1.82, 2.24) is 0 Å². The molecule has 0 saturated heterocycles. The van der Waals surface area contributed by atoms with Crippen LogP contribution in [0.25, 0.3) is 0 Å². The molecule has 0 unspecified atom stereocenters. The minimum absolute atomic E-state index is 0.243. The maximum atomic E-state index is 15.2. The predicted molar refractivity (Wildman–Crippen MR) is 93.6 cm³/mol. The first-order valence-electron chi connectivity index (χ1n) is 8.81. The monoisotopic (exact) mass is 410 g/mol. The fourth-order valence-electron chi connectivity index (χ4n) is 2.81. The van der Waals surface area contributed by atoms with Gasteiger partial charge in [-0.25, -0.2) is 0 Å². The van der Waals surface area contributed by atoms with Crippen molar-refractivity contribution in [2.45, 2.75) is 93.4 Å². The first-order valence-corrected chi connectivity index (χ1v) is 16.3. The van der Waals surface area contributed by atoms with Gasteiger partial charge in [0.15, 0.2) is 0 Å². The van der Waals surface area contributed by atoms with E-state index in [0.717, 1.165) is 51.8 Å². The molecule has 0 aliphatic rings. The molecule has 0 spiro atoms. The van der Waals surface area contributed by atoms with Gasteiger partial charge in [0.25, 0.3) is 0 Å². The van der Waals surface area contributed by atoms with Crippen molar-refractivity contribution in [2.75, 3.05) is 0 Å². The number of unbranched alkanes of at least 4 members (excludes halogenated alkanes) is 3. The van der Waals surface area contributed by atoms with Crippen molar-refractivity contribution in [1.29, 1.82) is 0 Å². The Labute approximate surface area is 135 Å². The summed E-state index contributed by atoms with van der Waals surface area (Å²) < 4.78 is 32.5. The van der Waals surface area contributed by atoms with Crippen LogP contribution in [0.3, 0.4) is 0 Å². The Morgan fingerprint density at radius 1 is 0.762 bits per heavy atom. The van der Waals surface area contributed by atoms with Gasteiger partial charge in [0.05, 0.1) is 0 Å². The van der Waals surface area contributed by atoms with Crippen molar-refractivity contribution in [3.05, 3.63) is 9.67 Å². The molecule has 3 heteroatoms.